The van der Waals surface area contributed by atoms with Crippen LogP contribution < -0.4 is 5.73 Å². The van der Waals surface area contributed by atoms with Crippen LogP contribution in [0.25, 0.3) is 0 Å². The summed E-state index contributed by atoms with van der Waals surface area (Å²) in [4.78, 5) is 18.4. The quantitative estimate of drug-likeness (QED) is 0.713. The predicted molar refractivity (Wildman–Crippen MR) is 90.7 cm³/mol. The molecule has 0 aliphatic carbocycles. The van der Waals surface area contributed by atoms with Crippen molar-refractivity contribution in [2.24, 2.45) is 10.7 Å². The number of aromatic hydroxyl groups is 1. The standard InChI is InChI=1S/C14H15Br2N3O3/c1-7(17)12-13(18-2)19(3-4-22-12)14(21)8-5-9(15)11(20)10(16)6-8/h5-6,20H,3-4,17H2,1-2H3. The van der Waals surface area contributed by atoms with Gasteiger partial charge in [-0.15, -0.1) is 0 Å². The van der Waals surface area contributed by atoms with Gasteiger partial charge in [-0.3, -0.25) is 14.7 Å². The van der Waals surface area contributed by atoms with Crippen LogP contribution in [-0.4, -0.2) is 41.9 Å². The van der Waals surface area contributed by atoms with Crippen molar-refractivity contribution >= 4 is 43.6 Å². The lowest BCUT2D eigenvalue weighted by Gasteiger charge is -2.31. The van der Waals surface area contributed by atoms with Gasteiger partial charge in [0.15, 0.2) is 11.6 Å². The fraction of sp³-hybridized carbons (Fsp3) is 0.286. The summed E-state index contributed by atoms with van der Waals surface area (Å²) < 4.78 is 6.36. The zero-order valence-electron chi connectivity index (χ0n) is 12.1. The smallest absolute Gasteiger partial charge is 0.259 e. The third-order valence-electron chi connectivity index (χ3n) is 3.10. The Hall–Kier alpha value is -1.54. The van der Waals surface area contributed by atoms with Crippen molar-refractivity contribution in [2.45, 2.75) is 6.92 Å². The van der Waals surface area contributed by atoms with E-state index in [0.29, 0.717) is 45.0 Å². The first kappa shape index (κ1) is 16.8. The number of benzene rings is 1. The molecule has 1 saturated heterocycles. The molecule has 1 aliphatic rings. The molecule has 1 heterocycles. The minimum absolute atomic E-state index is 0.0429. The van der Waals surface area contributed by atoms with E-state index in [1.165, 1.54) is 4.90 Å². The molecule has 0 unspecified atom stereocenters. The number of hydrogen-bond acceptors (Lipinski definition) is 5. The molecule has 22 heavy (non-hydrogen) atoms. The Balaban J connectivity index is 2.42. The number of carbonyl (C=O) groups is 1. The van der Waals surface area contributed by atoms with Crippen LogP contribution in [0.3, 0.4) is 0 Å². The van der Waals surface area contributed by atoms with Crippen molar-refractivity contribution in [2.75, 3.05) is 20.2 Å². The second kappa shape index (κ2) is 6.70. The molecule has 2 rings (SSSR count). The van der Waals surface area contributed by atoms with Crippen LogP contribution in [0.1, 0.15) is 17.3 Å². The van der Waals surface area contributed by atoms with Crippen LogP contribution in [0.15, 0.2) is 37.5 Å². The molecule has 1 aromatic carbocycles. The van der Waals surface area contributed by atoms with Crippen LogP contribution in [-0.2, 0) is 4.74 Å². The van der Waals surface area contributed by atoms with E-state index in [9.17, 15) is 9.90 Å². The van der Waals surface area contributed by atoms with E-state index in [1.54, 1.807) is 26.1 Å². The van der Waals surface area contributed by atoms with Crippen molar-refractivity contribution in [3.05, 3.63) is 38.1 Å². The molecule has 1 aliphatic heterocycles. The predicted octanol–water partition coefficient (Wildman–Crippen LogP) is 2.61. The summed E-state index contributed by atoms with van der Waals surface area (Å²) in [5, 5.41) is 9.75. The zero-order valence-corrected chi connectivity index (χ0v) is 15.2. The van der Waals surface area contributed by atoms with E-state index in [0.717, 1.165) is 0 Å². The topological polar surface area (TPSA) is 88.2 Å². The van der Waals surface area contributed by atoms with Gasteiger partial charge in [0.1, 0.15) is 12.4 Å². The lowest BCUT2D eigenvalue weighted by atomic mass is 10.1. The normalized spacial score (nSPS) is 19.1. The number of carbonyl (C=O) groups excluding carboxylic acids is 1. The number of amidine groups is 1. The molecule has 1 aromatic rings. The van der Waals surface area contributed by atoms with Gasteiger partial charge in [0.2, 0.25) is 0 Å². The SMILES string of the molecule is CN=C1C(=C(C)N)OCCN1C(=O)c1cc(Br)c(O)c(Br)c1. The number of nitrogens with two attached hydrogens (primary N) is 1. The molecule has 1 fully saturated rings. The number of ether oxygens (including phenoxy) is 1. The van der Waals surface area contributed by atoms with Crippen LogP contribution in [0, 0.1) is 0 Å². The maximum atomic E-state index is 12.8. The van der Waals surface area contributed by atoms with Gasteiger partial charge in [0.25, 0.3) is 5.91 Å². The van der Waals surface area contributed by atoms with E-state index in [4.69, 9.17) is 10.5 Å². The van der Waals surface area contributed by atoms with Crippen LogP contribution in [0.5, 0.6) is 5.75 Å². The Kier molecular flexibility index (Phi) is 5.12. The Labute approximate surface area is 144 Å². The van der Waals surface area contributed by atoms with Gasteiger partial charge in [0.05, 0.1) is 21.2 Å². The second-order valence-electron chi connectivity index (χ2n) is 4.65. The average molecular weight is 433 g/mol. The number of morpholine rings is 1. The molecular weight excluding hydrogens is 418 g/mol. The van der Waals surface area contributed by atoms with Gasteiger partial charge in [-0.1, -0.05) is 0 Å². The van der Waals surface area contributed by atoms with Gasteiger partial charge < -0.3 is 15.6 Å². The number of allylic oxidation sites excluding steroid dienone is 1. The van der Waals surface area contributed by atoms with E-state index in [2.05, 4.69) is 36.9 Å². The van der Waals surface area contributed by atoms with Crippen molar-refractivity contribution in [3.63, 3.8) is 0 Å². The minimum atomic E-state index is -0.246. The molecular formula is C14H15Br2N3O3. The fourth-order valence-electron chi connectivity index (χ4n) is 2.09. The van der Waals surface area contributed by atoms with Crippen molar-refractivity contribution in [1.82, 2.24) is 4.90 Å². The summed E-state index contributed by atoms with van der Waals surface area (Å²) >= 11 is 6.44. The Morgan fingerprint density at radius 2 is 2.00 bits per heavy atom. The first-order valence-electron chi connectivity index (χ1n) is 6.43. The number of amides is 1. The zero-order chi connectivity index (χ0) is 16.4. The Morgan fingerprint density at radius 1 is 1.41 bits per heavy atom. The molecule has 118 valence electrons. The van der Waals surface area contributed by atoms with Gasteiger partial charge in [0, 0.05) is 12.6 Å². The maximum absolute atomic E-state index is 12.8. The summed E-state index contributed by atoms with van der Waals surface area (Å²) in [6, 6.07) is 3.12. The summed E-state index contributed by atoms with van der Waals surface area (Å²) in [5.41, 5.74) is 6.66. The number of hydrogen-bond donors (Lipinski definition) is 2. The highest BCUT2D eigenvalue weighted by molar-refractivity contribution is 9.11. The number of nitrogens with zero attached hydrogens (tertiary/aromatic N) is 2. The number of halogens is 2. The van der Waals surface area contributed by atoms with Gasteiger partial charge in [-0.2, -0.15) is 0 Å². The lowest BCUT2D eigenvalue weighted by molar-refractivity contribution is 0.0771. The second-order valence-corrected chi connectivity index (χ2v) is 6.36. The van der Waals surface area contributed by atoms with Gasteiger partial charge in [-0.05, 0) is 50.9 Å². The maximum Gasteiger partial charge on any atom is 0.259 e. The van der Waals surface area contributed by atoms with E-state index >= 15 is 0 Å². The number of aliphatic imine (C=N–C) groups is 1. The fourth-order valence-corrected chi connectivity index (χ4v) is 3.27. The third kappa shape index (κ3) is 3.12. The van der Waals surface area contributed by atoms with Crippen molar-refractivity contribution in [1.29, 1.82) is 0 Å². The summed E-state index contributed by atoms with van der Waals surface area (Å²) in [6.45, 7) is 2.41. The van der Waals surface area contributed by atoms with E-state index in [1.807, 2.05) is 0 Å². The van der Waals surface area contributed by atoms with E-state index in [-0.39, 0.29) is 11.7 Å². The minimum Gasteiger partial charge on any atom is -0.506 e. The highest BCUT2D eigenvalue weighted by atomic mass is 79.9. The number of rotatable bonds is 1. The van der Waals surface area contributed by atoms with E-state index < -0.39 is 0 Å². The summed E-state index contributed by atoms with van der Waals surface area (Å²) in [5.74, 6) is 0.612. The molecule has 0 spiro atoms. The summed E-state index contributed by atoms with van der Waals surface area (Å²) in [6.07, 6.45) is 0. The molecule has 0 bridgehead atoms. The lowest BCUT2D eigenvalue weighted by Crippen LogP contribution is -2.45. The Bertz CT molecular complexity index is 659. The number of phenolic OH excluding ortho intramolecular Hbond substituents is 1. The Morgan fingerprint density at radius 3 is 2.50 bits per heavy atom. The van der Waals surface area contributed by atoms with Crippen molar-refractivity contribution < 1.29 is 14.6 Å². The molecule has 0 saturated carbocycles. The molecule has 0 atom stereocenters. The third-order valence-corrected chi connectivity index (χ3v) is 4.31. The first-order chi connectivity index (χ1) is 10.4. The van der Waals surface area contributed by atoms with Crippen LogP contribution in [0.4, 0.5) is 0 Å². The average Bonchev–Trinajstić information content (AvgIpc) is 2.50. The molecule has 8 heteroatoms. The monoisotopic (exact) mass is 431 g/mol. The molecule has 6 nitrogen and oxygen atoms in total. The summed E-state index contributed by atoms with van der Waals surface area (Å²) in [7, 11) is 1.58. The molecule has 1 amide bonds. The van der Waals surface area contributed by atoms with Crippen molar-refractivity contribution in [3.8, 4) is 5.75 Å². The highest BCUT2D eigenvalue weighted by Gasteiger charge is 2.30. The first-order valence-corrected chi connectivity index (χ1v) is 8.01. The molecule has 3 N–H and O–H groups in total. The van der Waals surface area contributed by atoms with Crippen LogP contribution >= 0.6 is 31.9 Å². The highest BCUT2D eigenvalue weighted by Crippen LogP contribution is 2.34. The molecule has 0 aromatic heterocycles. The largest absolute Gasteiger partial charge is 0.506 e. The van der Waals surface area contributed by atoms with Gasteiger partial charge in [-0.25, -0.2) is 0 Å². The van der Waals surface area contributed by atoms with Crippen LogP contribution in [0.2, 0.25) is 0 Å². The molecule has 0 radical (unpaired) electrons. The number of phenols is 1. The van der Waals surface area contributed by atoms with Gasteiger partial charge >= 0.3 is 0 Å².